The summed E-state index contributed by atoms with van der Waals surface area (Å²) in [7, 11) is 0. The lowest BCUT2D eigenvalue weighted by atomic mass is 9.78. The molecule has 84 valence electrons. The lowest BCUT2D eigenvalue weighted by Crippen LogP contribution is -2.41. The van der Waals surface area contributed by atoms with Crippen molar-refractivity contribution in [1.82, 2.24) is 4.90 Å². The number of rotatable bonds is 1. The van der Waals surface area contributed by atoms with Gasteiger partial charge in [-0.15, -0.1) is 0 Å². The zero-order valence-electron chi connectivity index (χ0n) is 9.58. The predicted octanol–water partition coefficient (Wildman–Crippen LogP) is 1.59. The van der Waals surface area contributed by atoms with Crippen molar-refractivity contribution in [1.29, 1.82) is 0 Å². The van der Waals surface area contributed by atoms with Gasteiger partial charge in [-0.3, -0.25) is 4.79 Å². The maximum absolute atomic E-state index is 11.5. The van der Waals surface area contributed by atoms with Gasteiger partial charge in [0.1, 0.15) is 0 Å². The first-order chi connectivity index (χ1) is 7.09. The highest BCUT2D eigenvalue weighted by atomic mass is 16.5. The van der Waals surface area contributed by atoms with Gasteiger partial charge in [-0.1, -0.05) is 13.8 Å². The Morgan fingerprint density at radius 3 is 2.67 bits per heavy atom. The summed E-state index contributed by atoms with van der Waals surface area (Å²) in [4.78, 5) is 13.8. The third kappa shape index (κ3) is 2.23. The Hall–Kier alpha value is -0.830. The lowest BCUT2D eigenvalue weighted by Gasteiger charge is -2.41. The molecular formula is C12H19NO2. The van der Waals surface area contributed by atoms with E-state index in [9.17, 15) is 4.79 Å². The van der Waals surface area contributed by atoms with E-state index in [0.29, 0.717) is 6.42 Å². The summed E-state index contributed by atoms with van der Waals surface area (Å²) >= 11 is 0. The van der Waals surface area contributed by atoms with Crippen molar-refractivity contribution in [3.8, 4) is 0 Å². The molecule has 2 aliphatic rings. The summed E-state index contributed by atoms with van der Waals surface area (Å²) in [6, 6.07) is 0. The zero-order chi connectivity index (χ0) is 10.9. The monoisotopic (exact) mass is 209 g/mol. The van der Waals surface area contributed by atoms with E-state index in [4.69, 9.17) is 4.74 Å². The van der Waals surface area contributed by atoms with Crippen molar-refractivity contribution in [2.75, 3.05) is 26.3 Å². The van der Waals surface area contributed by atoms with Crippen LogP contribution in [0.2, 0.25) is 0 Å². The van der Waals surface area contributed by atoms with Gasteiger partial charge in [0.25, 0.3) is 0 Å². The normalized spacial score (nSPS) is 26.4. The fourth-order valence-electron chi connectivity index (χ4n) is 2.31. The molecule has 15 heavy (non-hydrogen) atoms. The van der Waals surface area contributed by atoms with Gasteiger partial charge in [0.05, 0.1) is 13.2 Å². The highest BCUT2D eigenvalue weighted by Crippen LogP contribution is 2.37. The van der Waals surface area contributed by atoms with Gasteiger partial charge >= 0.3 is 0 Å². The summed E-state index contributed by atoms with van der Waals surface area (Å²) in [6.45, 7) is 7.84. The van der Waals surface area contributed by atoms with E-state index in [1.807, 2.05) is 6.08 Å². The third-order valence-electron chi connectivity index (χ3n) is 3.34. The highest BCUT2D eigenvalue weighted by molar-refractivity contribution is 5.91. The van der Waals surface area contributed by atoms with Crippen LogP contribution in [0.5, 0.6) is 0 Å². The number of morpholine rings is 1. The van der Waals surface area contributed by atoms with Gasteiger partial charge in [0.15, 0.2) is 5.78 Å². The topological polar surface area (TPSA) is 29.5 Å². The number of carbonyl (C=O) groups excluding carboxylic acids is 1. The zero-order valence-corrected chi connectivity index (χ0v) is 9.58. The molecule has 1 heterocycles. The summed E-state index contributed by atoms with van der Waals surface area (Å²) in [5.74, 6) is 0.274. The molecule has 3 nitrogen and oxygen atoms in total. The van der Waals surface area contributed by atoms with Crippen LogP contribution in [-0.2, 0) is 9.53 Å². The van der Waals surface area contributed by atoms with Gasteiger partial charge in [0.2, 0.25) is 0 Å². The van der Waals surface area contributed by atoms with E-state index < -0.39 is 0 Å². The van der Waals surface area contributed by atoms with E-state index in [2.05, 4.69) is 18.7 Å². The molecule has 2 rings (SSSR count). The van der Waals surface area contributed by atoms with Crippen LogP contribution in [0.3, 0.4) is 0 Å². The lowest BCUT2D eigenvalue weighted by molar-refractivity contribution is -0.116. The Morgan fingerprint density at radius 1 is 1.33 bits per heavy atom. The van der Waals surface area contributed by atoms with Crippen LogP contribution in [0.25, 0.3) is 0 Å². The summed E-state index contributed by atoms with van der Waals surface area (Å²) in [6.07, 6.45) is 3.50. The van der Waals surface area contributed by atoms with E-state index >= 15 is 0 Å². The number of ketones is 1. The average Bonchev–Trinajstić information content (AvgIpc) is 2.23. The summed E-state index contributed by atoms with van der Waals surface area (Å²) in [5.41, 5.74) is 1.35. The molecule has 0 aromatic heterocycles. The third-order valence-corrected chi connectivity index (χ3v) is 3.34. The molecule has 0 unspecified atom stereocenters. The van der Waals surface area contributed by atoms with E-state index in [1.165, 1.54) is 5.70 Å². The van der Waals surface area contributed by atoms with E-state index in [0.717, 1.165) is 32.7 Å². The first kappa shape index (κ1) is 10.7. The number of hydrogen-bond donors (Lipinski definition) is 0. The largest absolute Gasteiger partial charge is 0.378 e. The molecule has 1 aliphatic carbocycles. The minimum atomic E-state index is 0.144. The molecule has 0 amide bonds. The van der Waals surface area contributed by atoms with Crippen molar-refractivity contribution in [2.45, 2.75) is 26.7 Å². The van der Waals surface area contributed by atoms with Gasteiger partial charge in [-0.2, -0.15) is 0 Å². The Balaban J connectivity index is 2.19. The fourth-order valence-corrected chi connectivity index (χ4v) is 2.31. The molecule has 0 radical (unpaired) electrons. The molecule has 0 saturated carbocycles. The number of nitrogens with zero attached hydrogens (tertiary/aromatic N) is 1. The van der Waals surface area contributed by atoms with Crippen LogP contribution in [0.4, 0.5) is 0 Å². The number of allylic oxidation sites excluding steroid dienone is 2. The van der Waals surface area contributed by atoms with E-state index in [-0.39, 0.29) is 11.2 Å². The molecule has 1 fully saturated rings. The molecule has 1 saturated heterocycles. The van der Waals surface area contributed by atoms with E-state index in [1.54, 1.807) is 0 Å². The first-order valence-electron chi connectivity index (χ1n) is 5.67. The Kier molecular flexibility index (Phi) is 2.83. The fraction of sp³-hybridized carbons (Fsp3) is 0.750. The van der Waals surface area contributed by atoms with Crippen LogP contribution in [0.15, 0.2) is 11.8 Å². The predicted molar refractivity (Wildman–Crippen MR) is 58.5 cm³/mol. The van der Waals surface area contributed by atoms with Crippen LogP contribution in [0, 0.1) is 5.41 Å². The maximum Gasteiger partial charge on any atom is 0.157 e. The van der Waals surface area contributed by atoms with Crippen molar-refractivity contribution in [3.05, 3.63) is 11.8 Å². The second-order valence-corrected chi connectivity index (χ2v) is 4.98. The first-order valence-corrected chi connectivity index (χ1v) is 5.67. The number of carbonyl (C=O) groups is 1. The minimum Gasteiger partial charge on any atom is -0.378 e. The number of ether oxygens (including phenoxy) is 1. The van der Waals surface area contributed by atoms with Gasteiger partial charge < -0.3 is 9.64 Å². The van der Waals surface area contributed by atoms with Gasteiger partial charge in [-0.25, -0.2) is 0 Å². The van der Waals surface area contributed by atoms with Gasteiger partial charge in [-0.05, 0) is 6.42 Å². The standard InChI is InChI=1S/C12H19NO2/c1-12(2)4-3-10(14)9-11(12)13-5-7-15-8-6-13/h9H,3-8H2,1-2H3. The van der Waals surface area contributed by atoms with Crippen molar-refractivity contribution < 1.29 is 9.53 Å². The van der Waals surface area contributed by atoms with Crippen molar-refractivity contribution in [3.63, 3.8) is 0 Å². The second kappa shape index (κ2) is 3.97. The Bertz CT molecular complexity index is 288. The minimum absolute atomic E-state index is 0.144. The quantitative estimate of drug-likeness (QED) is 0.657. The smallest absolute Gasteiger partial charge is 0.157 e. The average molecular weight is 209 g/mol. The molecule has 0 bridgehead atoms. The summed E-state index contributed by atoms with van der Waals surface area (Å²) in [5, 5.41) is 0. The van der Waals surface area contributed by atoms with Crippen LogP contribution in [0.1, 0.15) is 26.7 Å². The highest BCUT2D eigenvalue weighted by Gasteiger charge is 2.32. The van der Waals surface area contributed by atoms with Crippen molar-refractivity contribution >= 4 is 5.78 Å². The van der Waals surface area contributed by atoms with Crippen LogP contribution in [-0.4, -0.2) is 37.0 Å². The molecule has 0 atom stereocenters. The molecule has 0 aromatic carbocycles. The molecule has 3 heteroatoms. The van der Waals surface area contributed by atoms with Crippen molar-refractivity contribution in [2.24, 2.45) is 5.41 Å². The molecule has 0 N–H and O–H groups in total. The molecule has 0 aromatic rings. The molecular weight excluding hydrogens is 190 g/mol. The Morgan fingerprint density at radius 2 is 2.00 bits per heavy atom. The maximum atomic E-state index is 11.5. The van der Waals surface area contributed by atoms with Crippen LogP contribution < -0.4 is 0 Å². The summed E-state index contributed by atoms with van der Waals surface area (Å²) < 4.78 is 5.33. The Labute approximate surface area is 91.1 Å². The van der Waals surface area contributed by atoms with Crippen LogP contribution >= 0.6 is 0 Å². The molecule has 0 spiro atoms. The number of hydrogen-bond acceptors (Lipinski definition) is 3. The molecule has 1 aliphatic heterocycles. The SMILES string of the molecule is CC1(C)CCC(=O)C=C1N1CCOCC1. The van der Waals surface area contributed by atoms with Gasteiger partial charge in [0, 0.05) is 36.7 Å². The second-order valence-electron chi connectivity index (χ2n) is 4.98.